The Morgan fingerprint density at radius 2 is 1.95 bits per heavy atom. The summed E-state index contributed by atoms with van der Waals surface area (Å²) in [4.78, 5) is 11.9. The Morgan fingerprint density at radius 1 is 1.20 bits per heavy atom. The standard InChI is InChI=1S/C17H26N2O/c1-14-7-6-8-15(13-14)11-12-18-17(20)19-16-9-4-2-3-5-10-16/h6-8,13,16H,2-5,9-12H2,1H3,(H2,18,19,20). The molecule has 0 atom stereocenters. The number of aryl methyl sites for hydroxylation is 1. The molecule has 0 bridgehead atoms. The first-order valence-corrected chi connectivity index (χ1v) is 7.84. The summed E-state index contributed by atoms with van der Waals surface area (Å²) in [5.74, 6) is 0. The van der Waals surface area contributed by atoms with Crippen LogP contribution >= 0.6 is 0 Å². The summed E-state index contributed by atoms with van der Waals surface area (Å²) < 4.78 is 0. The van der Waals surface area contributed by atoms with Gasteiger partial charge in [0.25, 0.3) is 0 Å². The number of carbonyl (C=O) groups is 1. The van der Waals surface area contributed by atoms with Gasteiger partial charge in [-0.1, -0.05) is 55.5 Å². The summed E-state index contributed by atoms with van der Waals surface area (Å²) in [7, 11) is 0. The molecular formula is C17H26N2O. The van der Waals surface area contributed by atoms with E-state index in [0.717, 1.165) is 19.3 Å². The second kappa shape index (κ2) is 7.93. The first kappa shape index (κ1) is 14.9. The first-order valence-electron chi connectivity index (χ1n) is 7.84. The average Bonchev–Trinajstić information content (AvgIpc) is 2.67. The van der Waals surface area contributed by atoms with Gasteiger partial charge < -0.3 is 10.6 Å². The maximum Gasteiger partial charge on any atom is 0.315 e. The highest BCUT2D eigenvalue weighted by atomic mass is 16.2. The van der Waals surface area contributed by atoms with Crippen LogP contribution in [0.4, 0.5) is 4.79 Å². The molecule has 1 aromatic rings. The largest absolute Gasteiger partial charge is 0.338 e. The van der Waals surface area contributed by atoms with Gasteiger partial charge in [0.15, 0.2) is 0 Å². The molecule has 20 heavy (non-hydrogen) atoms. The molecule has 0 saturated heterocycles. The number of urea groups is 1. The first-order chi connectivity index (χ1) is 9.74. The fraction of sp³-hybridized carbons (Fsp3) is 0.588. The Labute approximate surface area is 122 Å². The molecule has 0 heterocycles. The second-order valence-electron chi connectivity index (χ2n) is 5.83. The van der Waals surface area contributed by atoms with Gasteiger partial charge in [0.2, 0.25) is 0 Å². The number of rotatable bonds is 4. The van der Waals surface area contributed by atoms with Gasteiger partial charge in [-0.15, -0.1) is 0 Å². The maximum absolute atomic E-state index is 11.9. The molecule has 0 aliphatic heterocycles. The van der Waals surface area contributed by atoms with Gasteiger partial charge >= 0.3 is 6.03 Å². The fourth-order valence-electron chi connectivity index (χ4n) is 2.85. The van der Waals surface area contributed by atoms with Crippen molar-refractivity contribution in [2.24, 2.45) is 0 Å². The van der Waals surface area contributed by atoms with Crippen molar-refractivity contribution in [3.05, 3.63) is 35.4 Å². The summed E-state index contributed by atoms with van der Waals surface area (Å²) in [6.45, 7) is 2.79. The lowest BCUT2D eigenvalue weighted by molar-refractivity contribution is 0.235. The SMILES string of the molecule is Cc1cccc(CCNC(=O)NC2CCCCCC2)c1. The van der Waals surface area contributed by atoms with Crippen LogP contribution in [0, 0.1) is 6.92 Å². The van der Waals surface area contributed by atoms with Crippen molar-refractivity contribution >= 4 is 6.03 Å². The molecule has 1 aliphatic carbocycles. The summed E-state index contributed by atoms with van der Waals surface area (Å²) in [6, 6.07) is 8.80. The summed E-state index contributed by atoms with van der Waals surface area (Å²) in [6.07, 6.45) is 8.26. The van der Waals surface area contributed by atoms with Crippen LogP contribution in [-0.4, -0.2) is 18.6 Å². The number of hydrogen-bond acceptors (Lipinski definition) is 1. The van der Waals surface area contributed by atoms with Crippen LogP contribution in [0.2, 0.25) is 0 Å². The van der Waals surface area contributed by atoms with Gasteiger partial charge in [0.1, 0.15) is 0 Å². The van der Waals surface area contributed by atoms with E-state index < -0.39 is 0 Å². The van der Waals surface area contributed by atoms with E-state index in [1.165, 1.54) is 36.8 Å². The van der Waals surface area contributed by atoms with Crippen molar-refractivity contribution in [1.82, 2.24) is 10.6 Å². The van der Waals surface area contributed by atoms with E-state index in [9.17, 15) is 4.79 Å². The number of carbonyl (C=O) groups excluding carboxylic acids is 1. The van der Waals surface area contributed by atoms with Gasteiger partial charge in [-0.2, -0.15) is 0 Å². The zero-order valence-electron chi connectivity index (χ0n) is 12.5. The predicted molar refractivity (Wildman–Crippen MR) is 82.9 cm³/mol. The third-order valence-electron chi connectivity index (χ3n) is 3.97. The minimum absolute atomic E-state index is 0.00967. The molecule has 1 fully saturated rings. The summed E-state index contributed by atoms with van der Waals surface area (Å²) in [5, 5.41) is 6.07. The van der Waals surface area contributed by atoms with Crippen LogP contribution in [0.3, 0.4) is 0 Å². The lowest BCUT2D eigenvalue weighted by atomic mass is 10.1. The van der Waals surface area contributed by atoms with Crippen LogP contribution in [-0.2, 0) is 6.42 Å². The van der Waals surface area contributed by atoms with E-state index in [2.05, 4.69) is 41.8 Å². The van der Waals surface area contributed by atoms with E-state index in [-0.39, 0.29) is 6.03 Å². The molecule has 1 aromatic carbocycles. The van der Waals surface area contributed by atoms with Gasteiger partial charge in [0.05, 0.1) is 0 Å². The van der Waals surface area contributed by atoms with Gasteiger partial charge in [-0.3, -0.25) is 0 Å². The van der Waals surface area contributed by atoms with Gasteiger partial charge in [-0.25, -0.2) is 4.79 Å². The van der Waals surface area contributed by atoms with Crippen LogP contribution < -0.4 is 10.6 Å². The maximum atomic E-state index is 11.9. The Kier molecular flexibility index (Phi) is 5.90. The van der Waals surface area contributed by atoms with Crippen LogP contribution in [0.1, 0.15) is 49.7 Å². The third-order valence-corrected chi connectivity index (χ3v) is 3.97. The van der Waals surface area contributed by atoms with Crippen LogP contribution in [0.25, 0.3) is 0 Å². The van der Waals surface area contributed by atoms with E-state index >= 15 is 0 Å². The van der Waals surface area contributed by atoms with Gasteiger partial charge in [0, 0.05) is 12.6 Å². The Morgan fingerprint density at radius 3 is 2.65 bits per heavy atom. The van der Waals surface area contributed by atoms with Crippen LogP contribution in [0.5, 0.6) is 0 Å². The van der Waals surface area contributed by atoms with E-state index in [4.69, 9.17) is 0 Å². The third kappa shape index (κ3) is 5.24. The Balaban J connectivity index is 1.67. The van der Waals surface area contributed by atoms with E-state index in [1.54, 1.807) is 0 Å². The quantitative estimate of drug-likeness (QED) is 0.810. The van der Waals surface area contributed by atoms with Gasteiger partial charge in [-0.05, 0) is 31.7 Å². The summed E-state index contributed by atoms with van der Waals surface area (Å²) in [5.41, 5.74) is 2.55. The molecule has 2 amide bonds. The van der Waals surface area contributed by atoms with Crippen molar-refractivity contribution in [2.45, 2.75) is 57.9 Å². The molecule has 2 rings (SSSR count). The zero-order chi connectivity index (χ0) is 14.2. The lowest BCUT2D eigenvalue weighted by Gasteiger charge is -2.16. The number of amides is 2. The smallest absolute Gasteiger partial charge is 0.315 e. The average molecular weight is 274 g/mol. The number of benzene rings is 1. The molecule has 0 aromatic heterocycles. The molecule has 0 radical (unpaired) electrons. The highest BCUT2D eigenvalue weighted by Crippen LogP contribution is 2.16. The molecular weight excluding hydrogens is 248 g/mol. The molecule has 0 unspecified atom stereocenters. The molecule has 0 spiro atoms. The summed E-state index contributed by atoms with van der Waals surface area (Å²) >= 11 is 0. The van der Waals surface area contributed by atoms with Crippen molar-refractivity contribution in [2.75, 3.05) is 6.54 Å². The fourth-order valence-corrected chi connectivity index (χ4v) is 2.85. The monoisotopic (exact) mass is 274 g/mol. The Hall–Kier alpha value is -1.51. The van der Waals surface area contributed by atoms with E-state index in [0.29, 0.717) is 12.6 Å². The minimum Gasteiger partial charge on any atom is -0.338 e. The lowest BCUT2D eigenvalue weighted by Crippen LogP contribution is -2.42. The normalized spacial score (nSPS) is 16.4. The van der Waals surface area contributed by atoms with E-state index in [1.807, 2.05) is 0 Å². The predicted octanol–water partition coefficient (Wildman–Crippen LogP) is 3.56. The topological polar surface area (TPSA) is 41.1 Å². The van der Waals surface area contributed by atoms with Crippen molar-refractivity contribution < 1.29 is 4.79 Å². The molecule has 3 nitrogen and oxygen atoms in total. The zero-order valence-corrected chi connectivity index (χ0v) is 12.5. The highest BCUT2D eigenvalue weighted by Gasteiger charge is 2.13. The van der Waals surface area contributed by atoms with Crippen molar-refractivity contribution in [3.8, 4) is 0 Å². The minimum atomic E-state index is -0.00967. The van der Waals surface area contributed by atoms with Crippen molar-refractivity contribution in [3.63, 3.8) is 0 Å². The molecule has 1 aliphatic rings. The molecule has 2 N–H and O–H groups in total. The van der Waals surface area contributed by atoms with Crippen LogP contribution in [0.15, 0.2) is 24.3 Å². The Bertz CT molecular complexity index is 423. The molecule has 110 valence electrons. The number of nitrogens with one attached hydrogen (secondary N) is 2. The highest BCUT2D eigenvalue weighted by molar-refractivity contribution is 5.74. The number of hydrogen-bond donors (Lipinski definition) is 2. The van der Waals surface area contributed by atoms with Crippen molar-refractivity contribution in [1.29, 1.82) is 0 Å². The molecule has 3 heteroatoms. The molecule has 1 saturated carbocycles. The second-order valence-corrected chi connectivity index (χ2v) is 5.83.